The maximum atomic E-state index is 11.8. The highest BCUT2D eigenvalue weighted by Crippen LogP contribution is 2.14. The summed E-state index contributed by atoms with van der Waals surface area (Å²) in [5, 5.41) is 15.2. The maximum Gasteiger partial charge on any atom is 0.291 e. The molecule has 1 N–H and O–H groups in total. The summed E-state index contributed by atoms with van der Waals surface area (Å²) in [7, 11) is 1.43. The van der Waals surface area contributed by atoms with Gasteiger partial charge in [0.25, 0.3) is 11.8 Å². The van der Waals surface area contributed by atoms with Gasteiger partial charge in [0.15, 0.2) is 0 Å². The van der Waals surface area contributed by atoms with Crippen molar-refractivity contribution in [3.8, 4) is 11.9 Å². The zero-order valence-corrected chi connectivity index (χ0v) is 10.1. The Morgan fingerprint density at radius 1 is 1.76 bits per heavy atom. The minimum Gasteiger partial charge on any atom is -0.479 e. The molecule has 1 heterocycles. The first-order chi connectivity index (χ1) is 8.04. The standard InChI is InChI=1S/C11H15N3O3/c1-4-5-11(2,7-12)13-10(15)8-6-9(16-3)14-17-8/h6H,4-5H2,1-3H3,(H,13,15)/t11-/m0/s1. The molecule has 6 heteroatoms. The van der Waals surface area contributed by atoms with Crippen LogP contribution in [0.5, 0.6) is 5.88 Å². The van der Waals surface area contributed by atoms with Crippen LogP contribution in [0.15, 0.2) is 10.6 Å². The predicted molar refractivity (Wildman–Crippen MR) is 59.4 cm³/mol. The largest absolute Gasteiger partial charge is 0.479 e. The molecule has 0 aliphatic carbocycles. The van der Waals surface area contributed by atoms with Crippen LogP contribution in [0.1, 0.15) is 37.2 Å². The van der Waals surface area contributed by atoms with E-state index in [0.717, 1.165) is 6.42 Å². The zero-order valence-electron chi connectivity index (χ0n) is 10.1. The van der Waals surface area contributed by atoms with Crippen molar-refractivity contribution < 1.29 is 14.1 Å². The monoisotopic (exact) mass is 237 g/mol. The van der Waals surface area contributed by atoms with Crippen molar-refractivity contribution in [2.45, 2.75) is 32.2 Å². The second kappa shape index (κ2) is 5.34. The van der Waals surface area contributed by atoms with E-state index >= 15 is 0 Å². The van der Waals surface area contributed by atoms with Crippen LogP contribution in [-0.4, -0.2) is 23.7 Å². The van der Waals surface area contributed by atoms with E-state index in [9.17, 15) is 4.79 Å². The first-order valence-electron chi connectivity index (χ1n) is 5.29. The fraction of sp³-hybridized carbons (Fsp3) is 0.545. The minimum atomic E-state index is -0.897. The van der Waals surface area contributed by atoms with E-state index in [2.05, 4.69) is 16.5 Å². The van der Waals surface area contributed by atoms with E-state index in [4.69, 9.17) is 14.5 Å². The van der Waals surface area contributed by atoms with Crippen LogP contribution >= 0.6 is 0 Å². The van der Waals surface area contributed by atoms with Crippen LogP contribution in [0.4, 0.5) is 0 Å². The quantitative estimate of drug-likeness (QED) is 0.838. The molecule has 0 saturated carbocycles. The lowest BCUT2D eigenvalue weighted by Crippen LogP contribution is -2.44. The van der Waals surface area contributed by atoms with Gasteiger partial charge < -0.3 is 14.6 Å². The Morgan fingerprint density at radius 2 is 2.47 bits per heavy atom. The van der Waals surface area contributed by atoms with E-state index in [-0.39, 0.29) is 11.6 Å². The van der Waals surface area contributed by atoms with Gasteiger partial charge in [0.1, 0.15) is 5.54 Å². The Hall–Kier alpha value is -2.03. The number of methoxy groups -OCH3 is 1. The van der Waals surface area contributed by atoms with Gasteiger partial charge in [-0.15, -0.1) is 0 Å². The molecule has 0 aliphatic heterocycles. The molecule has 17 heavy (non-hydrogen) atoms. The SMILES string of the molecule is CCC[C@@](C)(C#N)NC(=O)c1cc(OC)no1. The van der Waals surface area contributed by atoms with E-state index < -0.39 is 11.4 Å². The number of nitriles is 1. The molecule has 1 amide bonds. The van der Waals surface area contributed by atoms with Crippen molar-refractivity contribution in [1.29, 1.82) is 5.26 Å². The third kappa shape index (κ3) is 3.21. The van der Waals surface area contributed by atoms with E-state index in [0.29, 0.717) is 6.42 Å². The highest BCUT2D eigenvalue weighted by atomic mass is 16.5. The zero-order chi connectivity index (χ0) is 12.9. The van der Waals surface area contributed by atoms with Gasteiger partial charge in [0, 0.05) is 0 Å². The van der Waals surface area contributed by atoms with E-state index in [1.54, 1.807) is 6.92 Å². The van der Waals surface area contributed by atoms with Crippen LogP contribution in [-0.2, 0) is 0 Å². The fourth-order valence-corrected chi connectivity index (χ4v) is 1.42. The molecule has 0 fully saturated rings. The molecule has 1 aromatic rings. The molecular weight excluding hydrogens is 222 g/mol. The molecule has 1 aromatic heterocycles. The summed E-state index contributed by atoms with van der Waals surface area (Å²) < 4.78 is 9.59. The van der Waals surface area contributed by atoms with Crippen LogP contribution < -0.4 is 10.1 Å². The molecule has 0 radical (unpaired) electrons. The lowest BCUT2D eigenvalue weighted by Gasteiger charge is -2.21. The molecule has 0 bridgehead atoms. The lowest BCUT2D eigenvalue weighted by molar-refractivity contribution is 0.0883. The molecule has 0 aromatic carbocycles. The number of carbonyl (C=O) groups is 1. The number of ether oxygens (including phenoxy) is 1. The predicted octanol–water partition coefficient (Wildman–Crippen LogP) is 1.50. The second-order valence-electron chi connectivity index (χ2n) is 3.88. The summed E-state index contributed by atoms with van der Waals surface area (Å²) in [6, 6.07) is 3.45. The summed E-state index contributed by atoms with van der Waals surface area (Å²) in [6.07, 6.45) is 1.37. The molecule has 1 rings (SSSR count). The van der Waals surface area contributed by atoms with Crippen molar-refractivity contribution in [2.75, 3.05) is 7.11 Å². The van der Waals surface area contributed by atoms with Crippen LogP contribution in [0, 0.1) is 11.3 Å². The van der Waals surface area contributed by atoms with Gasteiger partial charge >= 0.3 is 0 Å². The molecule has 1 atom stereocenters. The van der Waals surface area contributed by atoms with Gasteiger partial charge in [-0.1, -0.05) is 13.3 Å². The van der Waals surface area contributed by atoms with Crippen molar-refractivity contribution in [3.63, 3.8) is 0 Å². The lowest BCUT2D eigenvalue weighted by atomic mass is 9.98. The van der Waals surface area contributed by atoms with Crippen LogP contribution in [0.3, 0.4) is 0 Å². The number of amides is 1. The minimum absolute atomic E-state index is 0.0272. The number of nitrogens with zero attached hydrogens (tertiary/aromatic N) is 2. The fourth-order valence-electron chi connectivity index (χ4n) is 1.42. The maximum absolute atomic E-state index is 11.8. The van der Waals surface area contributed by atoms with Crippen molar-refractivity contribution in [1.82, 2.24) is 10.5 Å². The number of hydrogen-bond acceptors (Lipinski definition) is 5. The number of aromatic nitrogens is 1. The Kier molecular flexibility index (Phi) is 4.10. The Bertz CT molecular complexity index is 435. The topological polar surface area (TPSA) is 88.2 Å². The molecule has 0 spiro atoms. The van der Waals surface area contributed by atoms with Gasteiger partial charge in [-0.3, -0.25) is 4.79 Å². The number of rotatable bonds is 5. The Morgan fingerprint density at radius 3 is 2.94 bits per heavy atom. The molecule has 0 aliphatic rings. The summed E-state index contributed by atoms with van der Waals surface area (Å²) in [6.45, 7) is 3.61. The summed E-state index contributed by atoms with van der Waals surface area (Å²) in [5.74, 6) is -0.220. The van der Waals surface area contributed by atoms with Gasteiger partial charge in [0.05, 0.1) is 19.2 Å². The smallest absolute Gasteiger partial charge is 0.291 e. The first-order valence-corrected chi connectivity index (χ1v) is 5.29. The van der Waals surface area contributed by atoms with E-state index in [1.807, 2.05) is 6.92 Å². The van der Waals surface area contributed by atoms with Crippen LogP contribution in [0.2, 0.25) is 0 Å². The average molecular weight is 237 g/mol. The van der Waals surface area contributed by atoms with Gasteiger partial charge in [-0.2, -0.15) is 5.26 Å². The third-order valence-corrected chi connectivity index (χ3v) is 2.31. The first kappa shape index (κ1) is 13.0. The van der Waals surface area contributed by atoms with E-state index in [1.165, 1.54) is 13.2 Å². The van der Waals surface area contributed by atoms with Gasteiger partial charge in [-0.25, -0.2) is 0 Å². The average Bonchev–Trinajstić information content (AvgIpc) is 2.78. The summed E-state index contributed by atoms with van der Waals surface area (Å²) in [5.41, 5.74) is -0.897. The number of nitrogens with one attached hydrogen (secondary N) is 1. The van der Waals surface area contributed by atoms with Gasteiger partial charge in [-0.05, 0) is 18.5 Å². The number of hydrogen-bond donors (Lipinski definition) is 1. The highest BCUT2D eigenvalue weighted by Gasteiger charge is 2.27. The number of carbonyl (C=O) groups excluding carboxylic acids is 1. The molecule has 0 saturated heterocycles. The van der Waals surface area contributed by atoms with Crippen molar-refractivity contribution >= 4 is 5.91 Å². The molecule has 92 valence electrons. The van der Waals surface area contributed by atoms with Crippen molar-refractivity contribution in [3.05, 3.63) is 11.8 Å². The van der Waals surface area contributed by atoms with Gasteiger partial charge in [0.2, 0.25) is 5.76 Å². The molecule has 0 unspecified atom stereocenters. The summed E-state index contributed by atoms with van der Waals surface area (Å²) >= 11 is 0. The highest BCUT2D eigenvalue weighted by molar-refractivity contribution is 5.92. The van der Waals surface area contributed by atoms with Crippen molar-refractivity contribution in [2.24, 2.45) is 0 Å². The Balaban J connectivity index is 2.74. The molecule has 6 nitrogen and oxygen atoms in total. The third-order valence-electron chi connectivity index (χ3n) is 2.31. The second-order valence-corrected chi connectivity index (χ2v) is 3.88. The Labute approximate surface area is 99.5 Å². The normalized spacial score (nSPS) is 13.5. The summed E-state index contributed by atoms with van der Waals surface area (Å²) in [4.78, 5) is 11.8. The molecular formula is C11H15N3O3. The van der Waals surface area contributed by atoms with Crippen LogP contribution in [0.25, 0.3) is 0 Å².